The minimum atomic E-state index is -0.147. The molecule has 0 unspecified atom stereocenters. The molecule has 2 nitrogen and oxygen atoms in total. The molecule has 1 aromatic heterocycles. The van der Waals surface area contributed by atoms with Crippen molar-refractivity contribution in [2.75, 3.05) is 6.54 Å². The molecule has 4 rings (SSSR count). The molecule has 0 spiro atoms. The smallest absolute Gasteiger partial charge is 0.126 e. The molecule has 6 heteroatoms. The van der Waals surface area contributed by atoms with Crippen molar-refractivity contribution in [3.8, 4) is 0 Å². The molecule has 30 heavy (non-hydrogen) atoms. The molecule has 0 aliphatic rings. The first-order valence-electron chi connectivity index (χ1n) is 9.56. The highest BCUT2D eigenvalue weighted by atomic mass is 35.5. The number of hydrogen-bond acceptors (Lipinski definition) is 1. The van der Waals surface area contributed by atoms with Gasteiger partial charge in [-0.2, -0.15) is 0 Å². The number of halogens is 4. The van der Waals surface area contributed by atoms with Crippen LogP contribution in [0.15, 0.2) is 72.9 Å². The fourth-order valence-electron chi connectivity index (χ4n) is 3.58. The van der Waals surface area contributed by atoms with Crippen LogP contribution in [0, 0.1) is 5.82 Å². The van der Waals surface area contributed by atoms with Crippen molar-refractivity contribution >= 4 is 46.5 Å². The minimum absolute atomic E-state index is 0. The second-order valence-corrected chi connectivity index (χ2v) is 7.90. The number of nitrogens with zero attached hydrogens (tertiary/aromatic N) is 1. The van der Waals surface area contributed by atoms with Gasteiger partial charge in [0.2, 0.25) is 0 Å². The van der Waals surface area contributed by atoms with E-state index in [1.54, 1.807) is 12.1 Å². The van der Waals surface area contributed by atoms with Crippen LogP contribution in [0.2, 0.25) is 10.0 Å². The molecule has 0 aliphatic heterocycles. The van der Waals surface area contributed by atoms with Crippen LogP contribution in [0.4, 0.5) is 4.39 Å². The summed E-state index contributed by atoms with van der Waals surface area (Å²) in [6.07, 6.45) is 2.82. The zero-order chi connectivity index (χ0) is 20.2. The maximum atomic E-state index is 13.8. The van der Waals surface area contributed by atoms with E-state index in [1.165, 1.54) is 17.0 Å². The van der Waals surface area contributed by atoms with Gasteiger partial charge in [0.1, 0.15) is 5.82 Å². The Balaban J connectivity index is 0.00000256. The van der Waals surface area contributed by atoms with Gasteiger partial charge in [0.15, 0.2) is 0 Å². The predicted molar refractivity (Wildman–Crippen MR) is 127 cm³/mol. The van der Waals surface area contributed by atoms with E-state index in [1.807, 2.05) is 36.4 Å². The van der Waals surface area contributed by atoms with Gasteiger partial charge in [0.05, 0.1) is 0 Å². The number of para-hydroxylation sites is 1. The third-order valence-electron chi connectivity index (χ3n) is 5.07. The van der Waals surface area contributed by atoms with Gasteiger partial charge < -0.3 is 9.88 Å². The zero-order valence-electron chi connectivity index (χ0n) is 16.2. The van der Waals surface area contributed by atoms with Gasteiger partial charge in [0, 0.05) is 40.2 Å². The van der Waals surface area contributed by atoms with Crippen LogP contribution >= 0.6 is 35.6 Å². The fraction of sp³-hybridized carbons (Fsp3) is 0.167. The lowest BCUT2D eigenvalue weighted by molar-refractivity contribution is 0.598. The lowest BCUT2D eigenvalue weighted by Crippen LogP contribution is -2.17. The summed E-state index contributed by atoms with van der Waals surface area (Å²) in [6, 6.07) is 20.8. The molecule has 0 aliphatic carbocycles. The van der Waals surface area contributed by atoms with Crippen LogP contribution < -0.4 is 5.32 Å². The molecular weight excluding hydrogens is 442 g/mol. The summed E-state index contributed by atoms with van der Waals surface area (Å²) in [5, 5.41) is 5.95. The number of fused-ring (bicyclic) bond motifs is 1. The van der Waals surface area contributed by atoms with E-state index < -0.39 is 0 Å². The van der Waals surface area contributed by atoms with Gasteiger partial charge >= 0.3 is 0 Å². The summed E-state index contributed by atoms with van der Waals surface area (Å²) in [7, 11) is 0. The van der Waals surface area contributed by atoms with Gasteiger partial charge in [0.25, 0.3) is 0 Å². The van der Waals surface area contributed by atoms with Crippen LogP contribution in [0.5, 0.6) is 0 Å². The van der Waals surface area contributed by atoms with E-state index in [4.69, 9.17) is 23.2 Å². The summed E-state index contributed by atoms with van der Waals surface area (Å²) in [4.78, 5) is 0. The summed E-state index contributed by atoms with van der Waals surface area (Å²) in [5.41, 5.74) is 4.12. The van der Waals surface area contributed by atoms with Crippen molar-refractivity contribution in [3.63, 3.8) is 0 Å². The van der Waals surface area contributed by atoms with E-state index in [0.29, 0.717) is 29.6 Å². The van der Waals surface area contributed by atoms with Gasteiger partial charge in [-0.25, -0.2) is 4.39 Å². The summed E-state index contributed by atoms with van der Waals surface area (Å²) in [5.74, 6) is -0.147. The Hall–Kier alpha value is -2.04. The monoisotopic (exact) mass is 462 g/mol. The van der Waals surface area contributed by atoms with Gasteiger partial charge in [-0.1, -0.05) is 65.7 Å². The van der Waals surface area contributed by atoms with Gasteiger partial charge in [-0.05, 0) is 53.9 Å². The minimum Gasteiger partial charge on any atom is -0.343 e. The third kappa shape index (κ3) is 5.16. The molecule has 0 bridgehead atoms. The lowest BCUT2D eigenvalue weighted by atomic mass is 10.1. The Bertz CT molecular complexity index is 1140. The van der Waals surface area contributed by atoms with Crippen LogP contribution in [-0.4, -0.2) is 11.1 Å². The largest absolute Gasteiger partial charge is 0.343 e. The second kappa shape index (κ2) is 10.3. The average molecular weight is 464 g/mol. The van der Waals surface area contributed by atoms with Crippen molar-refractivity contribution < 1.29 is 4.39 Å². The van der Waals surface area contributed by atoms with Crippen LogP contribution in [0.3, 0.4) is 0 Å². The van der Waals surface area contributed by atoms with Crippen molar-refractivity contribution in [1.82, 2.24) is 9.88 Å². The summed E-state index contributed by atoms with van der Waals surface area (Å²) in [6.45, 7) is 2.10. The van der Waals surface area contributed by atoms with Crippen LogP contribution in [0.25, 0.3) is 10.9 Å². The maximum Gasteiger partial charge on any atom is 0.126 e. The number of aromatic nitrogens is 1. The Labute approximate surface area is 192 Å². The zero-order valence-corrected chi connectivity index (χ0v) is 18.6. The molecule has 0 saturated heterocycles. The van der Waals surface area contributed by atoms with E-state index in [9.17, 15) is 4.39 Å². The van der Waals surface area contributed by atoms with Gasteiger partial charge in [-0.15, -0.1) is 12.4 Å². The fourth-order valence-corrected chi connectivity index (χ4v) is 4.04. The van der Waals surface area contributed by atoms with E-state index >= 15 is 0 Å². The molecule has 0 saturated carbocycles. The van der Waals surface area contributed by atoms with E-state index in [2.05, 4.69) is 28.2 Å². The van der Waals surface area contributed by atoms with Gasteiger partial charge in [-0.3, -0.25) is 0 Å². The average Bonchev–Trinajstić information content (AvgIpc) is 3.06. The SMILES string of the molecule is Cl.Fc1ccccc1CCNCc1cn(Cc2ccc(Cl)cc2Cl)c2ccccc12. The Morgan fingerprint density at radius 2 is 1.63 bits per heavy atom. The molecule has 0 atom stereocenters. The van der Waals surface area contributed by atoms with E-state index in [-0.39, 0.29) is 18.2 Å². The standard InChI is InChI=1S/C24H21Cl2FN2.ClH/c25-20-10-9-18(22(26)13-20)15-29-16-19(21-6-2-4-8-24(21)29)14-28-12-11-17-5-1-3-7-23(17)27;/h1-10,13,16,28H,11-12,14-15H2;1H. The predicted octanol–water partition coefficient (Wildman–Crippen LogP) is 6.89. The maximum absolute atomic E-state index is 13.8. The highest BCUT2D eigenvalue weighted by molar-refractivity contribution is 6.35. The number of rotatable bonds is 7. The first-order chi connectivity index (χ1) is 14.1. The van der Waals surface area contributed by atoms with Crippen molar-refractivity contribution in [1.29, 1.82) is 0 Å². The molecule has 0 radical (unpaired) electrons. The van der Waals surface area contributed by atoms with Crippen LogP contribution in [0.1, 0.15) is 16.7 Å². The molecule has 4 aromatic rings. The summed E-state index contributed by atoms with van der Waals surface area (Å²) < 4.78 is 16.0. The normalized spacial score (nSPS) is 10.9. The van der Waals surface area contributed by atoms with Crippen molar-refractivity contribution in [2.24, 2.45) is 0 Å². The van der Waals surface area contributed by atoms with Crippen molar-refractivity contribution in [2.45, 2.75) is 19.5 Å². The Kier molecular flexibility index (Phi) is 7.79. The molecule has 0 fully saturated rings. The molecular formula is C24H22Cl3FN2. The number of hydrogen-bond donors (Lipinski definition) is 1. The highest BCUT2D eigenvalue weighted by Gasteiger charge is 2.10. The first kappa shape index (κ1) is 22.6. The Morgan fingerprint density at radius 3 is 2.43 bits per heavy atom. The molecule has 1 N–H and O–H groups in total. The number of benzene rings is 3. The molecule has 3 aromatic carbocycles. The molecule has 156 valence electrons. The molecule has 0 amide bonds. The quantitative estimate of drug-likeness (QED) is 0.295. The van der Waals surface area contributed by atoms with E-state index in [0.717, 1.165) is 23.2 Å². The Morgan fingerprint density at radius 1 is 0.867 bits per heavy atom. The topological polar surface area (TPSA) is 17.0 Å². The lowest BCUT2D eigenvalue weighted by Gasteiger charge is -2.08. The second-order valence-electron chi connectivity index (χ2n) is 7.05. The highest BCUT2D eigenvalue weighted by Crippen LogP contribution is 2.26. The number of nitrogens with one attached hydrogen (secondary N) is 1. The summed E-state index contributed by atoms with van der Waals surface area (Å²) >= 11 is 12.4. The third-order valence-corrected chi connectivity index (χ3v) is 5.66. The first-order valence-corrected chi connectivity index (χ1v) is 10.3. The van der Waals surface area contributed by atoms with Crippen LogP contribution in [-0.2, 0) is 19.5 Å². The van der Waals surface area contributed by atoms with Crippen molar-refractivity contribution in [3.05, 3.63) is 105 Å². The molecule has 1 heterocycles.